The number of nitrogens with one attached hydrogen (secondary N) is 1. The van der Waals surface area contributed by atoms with Crippen molar-refractivity contribution in [1.29, 1.82) is 0 Å². The van der Waals surface area contributed by atoms with Crippen LogP contribution in [0.3, 0.4) is 0 Å². The van der Waals surface area contributed by atoms with Crippen molar-refractivity contribution in [3.05, 3.63) is 52.3 Å². The molecule has 0 fully saturated rings. The molecule has 3 nitrogen and oxygen atoms in total. The minimum Gasteiger partial charge on any atom is -1.00 e. The summed E-state index contributed by atoms with van der Waals surface area (Å²) in [5.41, 5.74) is 8.27. The van der Waals surface area contributed by atoms with Crippen LogP contribution in [-0.2, 0) is 13.0 Å². The fraction of sp³-hybridized carbons (Fsp3) is 0.250. The molecule has 112 valence electrons. The molecule has 1 atom stereocenters. The number of hydrogen-bond donors (Lipinski definition) is 2. The highest BCUT2D eigenvalue weighted by molar-refractivity contribution is 7.09. The van der Waals surface area contributed by atoms with Gasteiger partial charge in [-0.05, 0) is 48.6 Å². The van der Waals surface area contributed by atoms with Gasteiger partial charge in [-0.15, -0.1) is 11.3 Å². The van der Waals surface area contributed by atoms with E-state index in [0.717, 1.165) is 17.7 Å². The molecule has 0 spiro atoms. The van der Waals surface area contributed by atoms with Gasteiger partial charge in [0.15, 0.2) is 0 Å². The largest absolute Gasteiger partial charge is 1.00 e. The van der Waals surface area contributed by atoms with Crippen molar-refractivity contribution in [3.63, 3.8) is 0 Å². The van der Waals surface area contributed by atoms with Gasteiger partial charge < -0.3 is 27.9 Å². The molecule has 0 bridgehead atoms. The lowest BCUT2D eigenvalue weighted by molar-refractivity contribution is -0.00000464. The lowest BCUT2D eigenvalue weighted by Gasteiger charge is -2.07. The van der Waals surface area contributed by atoms with Gasteiger partial charge in [0.25, 0.3) is 0 Å². The Morgan fingerprint density at radius 1 is 1.33 bits per heavy atom. The van der Waals surface area contributed by atoms with E-state index in [1.807, 2.05) is 25.3 Å². The third-order valence-corrected chi connectivity index (χ3v) is 4.09. The first kappa shape index (κ1) is 15.9. The Morgan fingerprint density at radius 2 is 2.19 bits per heavy atom. The number of ether oxygens (including phenoxy) is 1. The molecule has 2 heterocycles. The van der Waals surface area contributed by atoms with Crippen LogP contribution in [0.25, 0.3) is 10.9 Å². The molecule has 21 heavy (non-hydrogen) atoms. The molecule has 5 heteroatoms. The summed E-state index contributed by atoms with van der Waals surface area (Å²) in [5.74, 6) is 0.899. The number of benzene rings is 1. The van der Waals surface area contributed by atoms with Gasteiger partial charge in [0.1, 0.15) is 12.4 Å². The summed E-state index contributed by atoms with van der Waals surface area (Å²) in [7, 11) is 0. The summed E-state index contributed by atoms with van der Waals surface area (Å²) in [6.07, 6.45) is 2.91. The topological polar surface area (TPSA) is 51.0 Å². The van der Waals surface area contributed by atoms with Crippen molar-refractivity contribution in [2.24, 2.45) is 5.73 Å². The van der Waals surface area contributed by atoms with E-state index >= 15 is 0 Å². The second-order valence-corrected chi connectivity index (χ2v) is 6.10. The predicted molar refractivity (Wildman–Crippen MR) is 84.3 cm³/mol. The normalized spacial score (nSPS) is 12.1. The number of H-pyrrole nitrogens is 1. The van der Waals surface area contributed by atoms with Gasteiger partial charge in [-0.2, -0.15) is 0 Å². The number of rotatable bonds is 5. The summed E-state index contributed by atoms with van der Waals surface area (Å²) in [6, 6.07) is 10.4. The standard InChI is InChI=1S/C16H18N2OS.ClH/c1-11(17)7-12-9-18-16-5-4-13(8-15(12)16)19-10-14-3-2-6-20-14;/h2-6,8-9,11,18H,7,10,17H2,1H3;1H/p-1. The maximum Gasteiger partial charge on any atom is 0.122 e. The van der Waals surface area contributed by atoms with Crippen LogP contribution in [-0.4, -0.2) is 11.0 Å². The number of fused-ring (bicyclic) bond motifs is 1. The molecule has 0 saturated carbocycles. The van der Waals surface area contributed by atoms with E-state index in [1.165, 1.54) is 15.8 Å². The minimum atomic E-state index is 0. The molecule has 0 aliphatic heterocycles. The molecule has 0 saturated heterocycles. The first-order chi connectivity index (χ1) is 9.72. The molecule has 0 aliphatic carbocycles. The Bertz CT molecular complexity index is 691. The zero-order valence-electron chi connectivity index (χ0n) is 11.8. The van der Waals surface area contributed by atoms with E-state index in [0.29, 0.717) is 6.61 Å². The van der Waals surface area contributed by atoms with Crippen LogP contribution in [0, 0.1) is 0 Å². The minimum absolute atomic E-state index is 0. The second kappa shape index (κ2) is 6.98. The monoisotopic (exact) mass is 321 g/mol. The maximum absolute atomic E-state index is 5.89. The van der Waals surface area contributed by atoms with Gasteiger partial charge in [-0.25, -0.2) is 0 Å². The summed E-state index contributed by atoms with van der Waals surface area (Å²) in [6.45, 7) is 2.65. The highest BCUT2D eigenvalue weighted by Crippen LogP contribution is 2.25. The zero-order chi connectivity index (χ0) is 13.9. The van der Waals surface area contributed by atoms with Gasteiger partial charge >= 0.3 is 0 Å². The highest BCUT2D eigenvalue weighted by atomic mass is 35.5. The average molecular weight is 322 g/mol. The molecule has 0 amide bonds. The molecule has 3 rings (SSSR count). The third kappa shape index (κ3) is 3.79. The number of thiophene rings is 1. The predicted octanol–water partition coefficient (Wildman–Crippen LogP) is 0.702. The maximum atomic E-state index is 5.89. The van der Waals surface area contributed by atoms with Crippen LogP contribution in [0.1, 0.15) is 17.4 Å². The number of nitrogens with two attached hydrogens (primary N) is 1. The van der Waals surface area contributed by atoms with E-state index in [1.54, 1.807) is 11.3 Å². The van der Waals surface area contributed by atoms with E-state index in [4.69, 9.17) is 10.5 Å². The SMILES string of the molecule is CC(N)Cc1c[nH]c2ccc(OCc3cccs3)cc12.[Cl-]. The van der Waals surface area contributed by atoms with E-state index in [2.05, 4.69) is 28.6 Å². The molecule has 1 unspecified atom stereocenters. The molecular weight excluding hydrogens is 304 g/mol. The quantitative estimate of drug-likeness (QED) is 0.727. The first-order valence-corrected chi connectivity index (χ1v) is 7.61. The molecule has 1 aromatic carbocycles. The van der Waals surface area contributed by atoms with Crippen LogP contribution in [0.4, 0.5) is 0 Å². The Morgan fingerprint density at radius 3 is 2.90 bits per heavy atom. The lowest BCUT2D eigenvalue weighted by atomic mass is 10.1. The average Bonchev–Trinajstić information content (AvgIpc) is 3.06. The molecule has 3 N–H and O–H groups in total. The van der Waals surface area contributed by atoms with Crippen molar-refractivity contribution < 1.29 is 17.1 Å². The fourth-order valence-electron chi connectivity index (χ4n) is 2.31. The van der Waals surface area contributed by atoms with Gasteiger partial charge in [0, 0.05) is 28.0 Å². The summed E-state index contributed by atoms with van der Waals surface area (Å²) in [5, 5.41) is 3.26. The van der Waals surface area contributed by atoms with Crippen molar-refractivity contribution in [1.82, 2.24) is 4.98 Å². The molecule has 2 aromatic heterocycles. The lowest BCUT2D eigenvalue weighted by Crippen LogP contribution is -3.00. The van der Waals surface area contributed by atoms with Gasteiger partial charge in [0.2, 0.25) is 0 Å². The van der Waals surface area contributed by atoms with Crippen LogP contribution >= 0.6 is 11.3 Å². The molecule has 0 aliphatic rings. The van der Waals surface area contributed by atoms with Gasteiger partial charge in [-0.1, -0.05) is 6.07 Å². The summed E-state index contributed by atoms with van der Waals surface area (Å²) in [4.78, 5) is 4.51. The summed E-state index contributed by atoms with van der Waals surface area (Å²) >= 11 is 1.71. The van der Waals surface area contributed by atoms with Crippen LogP contribution in [0.15, 0.2) is 41.9 Å². The Labute approximate surface area is 134 Å². The summed E-state index contributed by atoms with van der Waals surface area (Å²) < 4.78 is 5.85. The van der Waals surface area contributed by atoms with Crippen LogP contribution < -0.4 is 22.9 Å². The van der Waals surface area contributed by atoms with Crippen LogP contribution in [0.2, 0.25) is 0 Å². The van der Waals surface area contributed by atoms with E-state index in [-0.39, 0.29) is 18.4 Å². The fourth-order valence-corrected chi connectivity index (χ4v) is 2.93. The van der Waals surface area contributed by atoms with E-state index < -0.39 is 0 Å². The highest BCUT2D eigenvalue weighted by Gasteiger charge is 2.07. The molecular formula is C16H18ClN2OS-. The van der Waals surface area contributed by atoms with Gasteiger partial charge in [0.05, 0.1) is 0 Å². The Kier molecular flexibility index (Phi) is 5.28. The number of aromatic amines is 1. The van der Waals surface area contributed by atoms with Crippen molar-refractivity contribution in [3.8, 4) is 5.75 Å². The van der Waals surface area contributed by atoms with Gasteiger partial charge in [-0.3, -0.25) is 0 Å². The third-order valence-electron chi connectivity index (χ3n) is 3.24. The zero-order valence-corrected chi connectivity index (χ0v) is 13.4. The van der Waals surface area contributed by atoms with E-state index in [9.17, 15) is 0 Å². The number of aromatic nitrogens is 1. The first-order valence-electron chi connectivity index (χ1n) is 6.73. The number of halogens is 1. The molecule has 0 radical (unpaired) electrons. The second-order valence-electron chi connectivity index (χ2n) is 5.07. The van der Waals surface area contributed by atoms with Crippen molar-refractivity contribution in [2.75, 3.05) is 0 Å². The number of hydrogen-bond acceptors (Lipinski definition) is 3. The Hall–Kier alpha value is -1.49. The smallest absolute Gasteiger partial charge is 0.122 e. The van der Waals surface area contributed by atoms with Crippen LogP contribution in [0.5, 0.6) is 5.75 Å². The van der Waals surface area contributed by atoms with Crippen molar-refractivity contribution >= 4 is 22.2 Å². The van der Waals surface area contributed by atoms with Crippen molar-refractivity contribution in [2.45, 2.75) is 26.0 Å². The Balaban J connectivity index is 0.00000161. The molecule has 3 aromatic rings.